The molecule has 0 unspecified atom stereocenters. The summed E-state index contributed by atoms with van der Waals surface area (Å²) in [4.78, 5) is 7.57. The van der Waals surface area contributed by atoms with Gasteiger partial charge in [-0.25, -0.2) is 18.2 Å². The maximum absolute atomic E-state index is 13.5. The molecule has 1 aromatic heterocycles. The van der Waals surface area contributed by atoms with Crippen molar-refractivity contribution in [3.05, 3.63) is 46.6 Å². The molecule has 0 aliphatic rings. The Morgan fingerprint density at radius 1 is 1.15 bits per heavy atom. The molecular formula is C14H13ClF3N3O4S. The number of hydrogen-bond acceptors (Lipinski definition) is 7. The number of halogens is 4. The number of ether oxygens (including phenoxy) is 1. The Morgan fingerprint density at radius 3 is 2.54 bits per heavy atom. The first-order chi connectivity index (χ1) is 12.2. The number of benzene rings is 1. The maximum Gasteiger partial charge on any atom is 0.271 e. The molecule has 0 amide bonds. The van der Waals surface area contributed by atoms with Crippen molar-refractivity contribution >= 4 is 27.5 Å². The van der Waals surface area contributed by atoms with Gasteiger partial charge in [-0.3, -0.25) is 4.18 Å². The fourth-order valence-electron chi connectivity index (χ4n) is 1.85. The molecule has 0 aliphatic heterocycles. The Morgan fingerprint density at radius 2 is 1.85 bits per heavy atom. The first-order valence-electron chi connectivity index (χ1n) is 7.05. The predicted molar refractivity (Wildman–Crippen MR) is 87.0 cm³/mol. The number of anilines is 1. The third-order valence-corrected chi connectivity index (χ3v) is 4.36. The van der Waals surface area contributed by atoms with Gasteiger partial charge >= 0.3 is 0 Å². The zero-order valence-corrected chi connectivity index (χ0v) is 14.9. The van der Waals surface area contributed by atoms with Crippen molar-refractivity contribution in [2.75, 3.05) is 25.6 Å². The minimum atomic E-state index is -4.24. The highest BCUT2D eigenvalue weighted by atomic mass is 35.5. The summed E-state index contributed by atoms with van der Waals surface area (Å²) in [5.74, 6) is -4.42. The summed E-state index contributed by atoms with van der Waals surface area (Å²) >= 11 is 5.62. The Balaban J connectivity index is 1.92. The van der Waals surface area contributed by atoms with Crippen LogP contribution in [-0.4, -0.2) is 38.6 Å². The van der Waals surface area contributed by atoms with E-state index in [9.17, 15) is 21.6 Å². The van der Waals surface area contributed by atoms with E-state index in [0.29, 0.717) is 6.07 Å². The van der Waals surface area contributed by atoms with E-state index in [1.807, 2.05) is 0 Å². The lowest BCUT2D eigenvalue weighted by Crippen LogP contribution is -2.16. The van der Waals surface area contributed by atoms with Crippen LogP contribution in [0.1, 0.15) is 5.56 Å². The minimum absolute atomic E-state index is 0.00548. The van der Waals surface area contributed by atoms with Gasteiger partial charge in [0.05, 0.1) is 6.20 Å². The van der Waals surface area contributed by atoms with Crippen molar-refractivity contribution in [1.82, 2.24) is 9.97 Å². The van der Waals surface area contributed by atoms with Gasteiger partial charge in [-0.05, 0) is 17.7 Å². The number of nitrogens with zero attached hydrogens (tertiary/aromatic N) is 2. The topological polar surface area (TPSA) is 90.4 Å². The SMILES string of the molecule is CNc1nc(Cl)ncc1OCCOS(=O)(=O)Cc1cc(F)c(F)cc1F. The Labute approximate surface area is 152 Å². The predicted octanol–water partition coefficient (Wildman–Crippen LogP) is 2.51. The van der Waals surface area contributed by atoms with E-state index in [1.165, 1.54) is 6.20 Å². The highest BCUT2D eigenvalue weighted by molar-refractivity contribution is 7.85. The van der Waals surface area contributed by atoms with Gasteiger partial charge in [0.15, 0.2) is 23.2 Å². The van der Waals surface area contributed by atoms with E-state index in [4.69, 9.17) is 16.3 Å². The van der Waals surface area contributed by atoms with E-state index in [2.05, 4.69) is 19.5 Å². The average Bonchev–Trinajstić information content (AvgIpc) is 2.57. The third kappa shape index (κ3) is 5.44. The fourth-order valence-corrected chi connectivity index (χ4v) is 2.99. The molecule has 0 saturated heterocycles. The first kappa shape index (κ1) is 20.2. The molecular weight excluding hydrogens is 399 g/mol. The van der Waals surface area contributed by atoms with E-state index < -0.39 is 45.5 Å². The van der Waals surface area contributed by atoms with Crippen LogP contribution in [-0.2, 0) is 20.1 Å². The van der Waals surface area contributed by atoms with E-state index in [-0.39, 0.29) is 29.5 Å². The molecule has 0 spiro atoms. The van der Waals surface area contributed by atoms with Gasteiger partial charge in [-0.1, -0.05) is 0 Å². The van der Waals surface area contributed by atoms with Gasteiger partial charge in [0.1, 0.15) is 24.8 Å². The number of aromatic nitrogens is 2. The lowest BCUT2D eigenvalue weighted by atomic mass is 10.2. The summed E-state index contributed by atoms with van der Waals surface area (Å²) in [6, 6.07) is 0.732. The molecule has 0 fully saturated rings. The standard InChI is InChI=1S/C14H13ClF3N3O4S/c1-19-13-12(6-20-14(15)21-13)24-2-3-25-26(22,23)7-8-4-10(17)11(18)5-9(8)16/h4-6H,2-3,7H2,1H3,(H,19,20,21). The lowest BCUT2D eigenvalue weighted by molar-refractivity contribution is 0.220. The second kappa shape index (κ2) is 8.52. The van der Waals surface area contributed by atoms with Crippen molar-refractivity contribution in [3.8, 4) is 5.75 Å². The lowest BCUT2D eigenvalue weighted by Gasteiger charge is -2.10. The van der Waals surface area contributed by atoms with Crippen LogP contribution in [0.3, 0.4) is 0 Å². The molecule has 12 heteroatoms. The van der Waals surface area contributed by atoms with Gasteiger partial charge in [-0.15, -0.1) is 0 Å². The highest BCUT2D eigenvalue weighted by Gasteiger charge is 2.18. The van der Waals surface area contributed by atoms with Crippen LogP contribution in [0.15, 0.2) is 18.3 Å². The highest BCUT2D eigenvalue weighted by Crippen LogP contribution is 2.22. The molecule has 2 rings (SSSR count). The zero-order chi connectivity index (χ0) is 19.3. The molecule has 1 N–H and O–H groups in total. The molecule has 0 atom stereocenters. The minimum Gasteiger partial charge on any atom is -0.486 e. The average molecular weight is 412 g/mol. The van der Waals surface area contributed by atoms with Gasteiger partial charge in [0, 0.05) is 18.7 Å². The molecule has 7 nitrogen and oxygen atoms in total. The third-order valence-electron chi connectivity index (χ3n) is 2.99. The van der Waals surface area contributed by atoms with Gasteiger partial charge in [0.2, 0.25) is 5.28 Å². The Hall–Kier alpha value is -2.11. The molecule has 1 aromatic carbocycles. The van der Waals surface area contributed by atoms with Crippen molar-refractivity contribution in [2.45, 2.75) is 5.75 Å². The van der Waals surface area contributed by atoms with Crippen LogP contribution >= 0.6 is 11.6 Å². The van der Waals surface area contributed by atoms with Crippen molar-refractivity contribution < 1.29 is 30.5 Å². The van der Waals surface area contributed by atoms with Crippen LogP contribution in [0.5, 0.6) is 5.75 Å². The first-order valence-corrected chi connectivity index (χ1v) is 9.01. The summed E-state index contributed by atoms with van der Waals surface area (Å²) in [7, 11) is -2.67. The largest absolute Gasteiger partial charge is 0.486 e. The number of hydrogen-bond donors (Lipinski definition) is 1. The van der Waals surface area contributed by atoms with Crippen LogP contribution in [0.25, 0.3) is 0 Å². The van der Waals surface area contributed by atoms with Gasteiger partial charge in [0.25, 0.3) is 10.1 Å². The zero-order valence-electron chi connectivity index (χ0n) is 13.3. The molecule has 0 bridgehead atoms. The Kier molecular flexibility index (Phi) is 6.62. The normalized spacial score (nSPS) is 11.4. The molecule has 2 aromatic rings. The van der Waals surface area contributed by atoms with Crippen LogP contribution in [0, 0.1) is 17.5 Å². The van der Waals surface area contributed by atoms with Crippen molar-refractivity contribution in [1.29, 1.82) is 0 Å². The van der Waals surface area contributed by atoms with E-state index in [1.54, 1.807) is 7.05 Å². The number of nitrogens with one attached hydrogen (secondary N) is 1. The van der Waals surface area contributed by atoms with Crippen LogP contribution < -0.4 is 10.1 Å². The van der Waals surface area contributed by atoms with E-state index in [0.717, 1.165) is 0 Å². The molecule has 142 valence electrons. The quantitative estimate of drug-likeness (QED) is 0.309. The summed E-state index contributed by atoms with van der Waals surface area (Å²) in [6.45, 7) is -0.599. The van der Waals surface area contributed by atoms with Crippen molar-refractivity contribution in [2.24, 2.45) is 0 Å². The van der Waals surface area contributed by atoms with Crippen LogP contribution in [0.2, 0.25) is 5.28 Å². The summed E-state index contributed by atoms with van der Waals surface area (Å²) in [5, 5.41) is 2.71. The maximum atomic E-state index is 13.5. The van der Waals surface area contributed by atoms with Crippen LogP contribution in [0.4, 0.5) is 19.0 Å². The van der Waals surface area contributed by atoms with Gasteiger partial charge in [-0.2, -0.15) is 13.4 Å². The molecule has 0 aliphatic carbocycles. The molecule has 26 heavy (non-hydrogen) atoms. The van der Waals surface area contributed by atoms with Crippen molar-refractivity contribution in [3.63, 3.8) is 0 Å². The molecule has 1 heterocycles. The second-order valence-electron chi connectivity index (χ2n) is 4.83. The summed E-state index contributed by atoms with van der Waals surface area (Å²) in [6.07, 6.45) is 1.28. The number of rotatable bonds is 8. The van der Waals surface area contributed by atoms with E-state index >= 15 is 0 Å². The summed E-state index contributed by atoms with van der Waals surface area (Å²) < 4.78 is 73.0. The fraction of sp³-hybridized carbons (Fsp3) is 0.286. The second-order valence-corrected chi connectivity index (χ2v) is 6.81. The monoisotopic (exact) mass is 411 g/mol. The Bertz CT molecular complexity index is 899. The molecule has 0 radical (unpaired) electrons. The smallest absolute Gasteiger partial charge is 0.271 e. The summed E-state index contributed by atoms with van der Waals surface area (Å²) in [5.41, 5.74) is -0.548. The van der Waals surface area contributed by atoms with Gasteiger partial charge < -0.3 is 10.1 Å². The molecule has 0 saturated carbocycles.